The Morgan fingerprint density at radius 1 is 1.18 bits per heavy atom. The largest absolute Gasteiger partial charge is 0.387 e. The lowest BCUT2D eigenvalue weighted by Gasteiger charge is -2.21. The van der Waals surface area contributed by atoms with Gasteiger partial charge in [-0.25, -0.2) is 14.8 Å². The van der Waals surface area contributed by atoms with E-state index in [2.05, 4.69) is 15.0 Å². The maximum absolute atomic E-state index is 13.6. The highest BCUT2D eigenvalue weighted by molar-refractivity contribution is 8.07. The zero-order chi connectivity index (χ0) is 28.1. The summed E-state index contributed by atoms with van der Waals surface area (Å²) in [5, 5.41) is 21.1. The summed E-state index contributed by atoms with van der Waals surface area (Å²) in [6, 6.07) is 0. The monoisotopic (exact) mass is 607 g/mol. The predicted octanol–water partition coefficient (Wildman–Crippen LogP) is -0.693. The lowest BCUT2D eigenvalue weighted by atomic mass is 10.1. The molecule has 2 aliphatic rings. The van der Waals surface area contributed by atoms with E-state index in [9.17, 15) is 29.1 Å². The van der Waals surface area contributed by atoms with Crippen molar-refractivity contribution in [3.8, 4) is 0 Å². The van der Waals surface area contributed by atoms with Crippen molar-refractivity contribution in [1.29, 1.82) is 0 Å². The van der Waals surface area contributed by atoms with Crippen LogP contribution < -0.4 is 17.0 Å². The second-order valence-corrected chi connectivity index (χ2v) is 12.0. The normalized spacial score (nSPS) is 28.7. The Bertz CT molecular complexity index is 1610. The van der Waals surface area contributed by atoms with Crippen LogP contribution in [0.3, 0.4) is 0 Å². The van der Waals surface area contributed by atoms with Crippen molar-refractivity contribution >= 4 is 47.9 Å². The molecule has 3 aromatic rings. The van der Waals surface area contributed by atoms with Crippen molar-refractivity contribution in [3.63, 3.8) is 0 Å². The van der Waals surface area contributed by atoms with Gasteiger partial charge in [0, 0.05) is 0 Å². The molecular formula is C19H23FN7O9PS2. The molecule has 212 valence electrons. The molecule has 7 N–H and O–H groups in total. The van der Waals surface area contributed by atoms with Crippen molar-refractivity contribution in [2.24, 2.45) is 0 Å². The van der Waals surface area contributed by atoms with Crippen LogP contribution in [-0.4, -0.2) is 81.8 Å². The first-order valence-corrected chi connectivity index (χ1v) is 14.5. The minimum atomic E-state index is -3.85. The Kier molecular flexibility index (Phi) is 7.81. The number of imidazole rings is 1. The number of halogens is 1. The molecule has 3 aromatic heterocycles. The first-order chi connectivity index (χ1) is 18.4. The quantitative estimate of drug-likeness (QED) is 0.138. The Balaban J connectivity index is 1.17. The molecule has 2 aliphatic heterocycles. The van der Waals surface area contributed by atoms with Gasteiger partial charge < -0.3 is 44.3 Å². The molecule has 0 aromatic carbocycles. The van der Waals surface area contributed by atoms with Gasteiger partial charge in [-0.2, -0.15) is 4.39 Å². The second-order valence-electron chi connectivity index (χ2n) is 8.82. The van der Waals surface area contributed by atoms with E-state index < -0.39 is 67.3 Å². The average molecular weight is 608 g/mol. The van der Waals surface area contributed by atoms with Crippen LogP contribution in [-0.2, 0) is 30.3 Å². The van der Waals surface area contributed by atoms with Gasteiger partial charge in [0.1, 0.15) is 35.7 Å². The van der Waals surface area contributed by atoms with E-state index in [-0.39, 0.29) is 17.2 Å². The third-order valence-corrected chi connectivity index (χ3v) is 8.09. The molecule has 5 rings (SSSR count). The number of nitrogens with zero attached hydrogens (tertiary/aromatic N) is 4. The Labute approximate surface area is 227 Å². The van der Waals surface area contributed by atoms with Gasteiger partial charge >= 0.3 is 12.4 Å². The van der Waals surface area contributed by atoms with Crippen LogP contribution in [0.1, 0.15) is 25.3 Å². The van der Waals surface area contributed by atoms with Gasteiger partial charge in [0.2, 0.25) is 5.82 Å². The van der Waals surface area contributed by atoms with Gasteiger partial charge in [-0.15, -0.1) is 0 Å². The van der Waals surface area contributed by atoms with Crippen molar-refractivity contribution < 1.29 is 38.0 Å². The zero-order valence-corrected chi connectivity index (χ0v) is 22.3. The van der Waals surface area contributed by atoms with Crippen molar-refractivity contribution in [1.82, 2.24) is 29.1 Å². The van der Waals surface area contributed by atoms with Gasteiger partial charge in [0.25, 0.3) is 5.56 Å². The third-order valence-electron chi connectivity index (χ3n) is 6.22. The first-order valence-electron chi connectivity index (χ1n) is 11.5. The number of aromatic nitrogens is 6. The standard InChI is InChI=1S/C19H23FN7O9PS2/c20-8-3-26(19(31)24-15(8)30)10-2-1-7(35-10)4-33-37(32,39)34-5-9-12(28)13(29)17(36-9)27-6-22-11-14(27)23-18(21)25-16(11)38/h3,6-7,9-10,12-13,17,28-29H,1-2,4-5H2,(H,32,39)(H,24,30,31)(H3,21,23,25,38)/t7-,9+,10+,12-,13-,17+,37?/m0/s1. The van der Waals surface area contributed by atoms with Crippen LogP contribution in [0.5, 0.6) is 0 Å². The number of hydrogen-bond donors (Lipinski definition) is 6. The molecule has 5 heterocycles. The molecule has 16 nitrogen and oxygen atoms in total. The summed E-state index contributed by atoms with van der Waals surface area (Å²) >= 11 is 10.2. The van der Waals surface area contributed by atoms with E-state index in [1.165, 1.54) is 10.9 Å². The predicted molar refractivity (Wildman–Crippen MR) is 136 cm³/mol. The zero-order valence-electron chi connectivity index (χ0n) is 19.7. The van der Waals surface area contributed by atoms with E-state index in [1.807, 2.05) is 4.98 Å². The van der Waals surface area contributed by atoms with Crippen LogP contribution in [0, 0.1) is 10.5 Å². The number of anilines is 1. The van der Waals surface area contributed by atoms with Crippen molar-refractivity contribution in [3.05, 3.63) is 43.8 Å². The molecule has 0 saturated carbocycles. The van der Waals surface area contributed by atoms with Crippen LogP contribution >= 0.6 is 18.9 Å². The highest BCUT2D eigenvalue weighted by atomic mass is 32.5. The lowest BCUT2D eigenvalue weighted by Crippen LogP contribution is -2.34. The molecule has 0 amide bonds. The van der Waals surface area contributed by atoms with Gasteiger partial charge in [0.05, 0.1) is 31.8 Å². The van der Waals surface area contributed by atoms with Gasteiger partial charge in [0.15, 0.2) is 16.8 Å². The fraction of sp³-hybridized carbons (Fsp3) is 0.526. The Morgan fingerprint density at radius 2 is 1.92 bits per heavy atom. The SMILES string of the molecule is Nc1nc(=S)c2ncn([C@@H]3O[C@H](COP(O)(=S)OC[C@@H]4CC[C@H](n5cc(F)c(=O)[nH]c5=O)O4)[C@H](O)[C@@H]3O)c2[nH]1. The van der Waals surface area contributed by atoms with Crippen LogP contribution in [0.2, 0.25) is 0 Å². The highest BCUT2D eigenvalue weighted by Crippen LogP contribution is 2.46. The number of aliphatic hydroxyl groups excluding tert-OH is 2. The van der Waals surface area contributed by atoms with Crippen molar-refractivity contribution in [2.75, 3.05) is 18.9 Å². The molecule has 39 heavy (non-hydrogen) atoms. The van der Waals surface area contributed by atoms with Gasteiger partial charge in [-0.05, 0) is 24.6 Å². The lowest BCUT2D eigenvalue weighted by molar-refractivity contribution is -0.0517. The fourth-order valence-electron chi connectivity index (χ4n) is 4.31. The third kappa shape index (κ3) is 5.73. The molecule has 2 saturated heterocycles. The number of nitrogens with one attached hydrogen (secondary N) is 2. The van der Waals surface area contributed by atoms with Crippen LogP contribution in [0.15, 0.2) is 22.1 Å². The first kappa shape index (κ1) is 28.1. The Hall–Kier alpha value is -2.45. The summed E-state index contributed by atoms with van der Waals surface area (Å²) in [6.45, 7) is -4.48. The Morgan fingerprint density at radius 3 is 2.69 bits per heavy atom. The van der Waals surface area contributed by atoms with E-state index >= 15 is 0 Å². The summed E-state index contributed by atoms with van der Waals surface area (Å²) < 4.78 is 38.1. The topological polar surface area (TPSA) is 225 Å². The smallest absolute Gasteiger partial charge is 0.330 e. The molecule has 1 unspecified atom stereocenters. The number of H-pyrrole nitrogens is 2. The van der Waals surface area contributed by atoms with Crippen LogP contribution in [0.4, 0.5) is 10.3 Å². The summed E-state index contributed by atoms with van der Waals surface area (Å²) in [7, 11) is 0. The maximum atomic E-state index is 13.6. The molecular weight excluding hydrogens is 584 g/mol. The van der Waals surface area contributed by atoms with Gasteiger partial charge in [-0.3, -0.25) is 18.9 Å². The summed E-state index contributed by atoms with van der Waals surface area (Å²) in [5.74, 6) is -1.11. The summed E-state index contributed by atoms with van der Waals surface area (Å²) in [5.41, 5.74) is 4.39. The minimum absolute atomic E-state index is 0.0239. The summed E-state index contributed by atoms with van der Waals surface area (Å²) in [6.07, 6.45) is -3.70. The van der Waals surface area contributed by atoms with E-state index in [0.29, 0.717) is 24.0 Å². The number of rotatable bonds is 8. The number of fused-ring (bicyclic) bond motifs is 1. The number of aromatic amines is 2. The molecule has 0 bridgehead atoms. The van der Waals surface area contributed by atoms with E-state index in [0.717, 1.165) is 10.8 Å². The molecule has 0 aliphatic carbocycles. The molecule has 0 radical (unpaired) electrons. The minimum Gasteiger partial charge on any atom is -0.387 e. The van der Waals surface area contributed by atoms with Crippen molar-refractivity contribution in [2.45, 2.75) is 49.7 Å². The molecule has 20 heteroatoms. The van der Waals surface area contributed by atoms with E-state index in [1.54, 1.807) is 0 Å². The van der Waals surface area contributed by atoms with Gasteiger partial charge in [-0.1, -0.05) is 12.2 Å². The van der Waals surface area contributed by atoms with Crippen LogP contribution in [0.25, 0.3) is 11.2 Å². The maximum Gasteiger partial charge on any atom is 0.330 e. The summed E-state index contributed by atoms with van der Waals surface area (Å²) in [4.78, 5) is 46.3. The number of nitrogens with two attached hydrogens (primary N) is 1. The number of nitrogen functional groups attached to an aromatic ring is 1. The number of ether oxygens (including phenoxy) is 2. The average Bonchev–Trinajstić information content (AvgIpc) is 3.58. The second kappa shape index (κ2) is 10.8. The molecule has 0 spiro atoms. The number of hydrogen-bond acceptors (Lipinski definition) is 13. The molecule has 7 atom stereocenters. The van der Waals surface area contributed by atoms with E-state index in [4.69, 9.17) is 48.3 Å². The number of aliphatic hydroxyl groups is 2. The molecule has 2 fully saturated rings. The fourth-order valence-corrected chi connectivity index (χ4v) is 5.69. The highest BCUT2D eigenvalue weighted by Gasteiger charge is 2.45.